The Morgan fingerprint density at radius 2 is 1.67 bits per heavy atom. The number of rotatable bonds is 7. The molecule has 0 atom stereocenters. The summed E-state index contributed by atoms with van der Waals surface area (Å²) in [5, 5.41) is 9.20. The maximum Gasteiger partial charge on any atom is 0.246 e. The highest BCUT2D eigenvalue weighted by Gasteiger charge is 2.32. The van der Waals surface area contributed by atoms with Crippen molar-refractivity contribution >= 4 is 25.7 Å². The molecule has 3 aromatic heterocycles. The van der Waals surface area contributed by atoms with Gasteiger partial charge in [0.15, 0.2) is 5.75 Å². The fraction of sp³-hybridized carbons (Fsp3) is 0.318. The fourth-order valence-corrected chi connectivity index (χ4v) is 6.56. The van der Waals surface area contributed by atoms with Crippen LogP contribution in [-0.4, -0.2) is 62.5 Å². The SMILES string of the molecule is Cc1nc(C2COC2)nc(C)c1Oc1nc(-c2cncc(C#N)c2)ccc1N(S(C)(=O)=O)S(C)(=O)=O. The molecule has 0 amide bonds. The second kappa shape index (κ2) is 9.41. The Labute approximate surface area is 208 Å². The van der Waals surface area contributed by atoms with Crippen LogP contribution in [0.15, 0.2) is 30.6 Å². The van der Waals surface area contributed by atoms with Crippen LogP contribution < -0.4 is 8.45 Å². The molecule has 1 aliphatic rings. The molecule has 0 radical (unpaired) electrons. The van der Waals surface area contributed by atoms with Crippen molar-refractivity contribution in [3.8, 4) is 29.0 Å². The summed E-state index contributed by atoms with van der Waals surface area (Å²) in [5.74, 6) is 0.564. The quantitative estimate of drug-likeness (QED) is 0.439. The van der Waals surface area contributed by atoms with Gasteiger partial charge in [-0.1, -0.05) is 0 Å². The zero-order valence-corrected chi connectivity index (χ0v) is 21.5. The van der Waals surface area contributed by atoms with Gasteiger partial charge in [0.25, 0.3) is 0 Å². The summed E-state index contributed by atoms with van der Waals surface area (Å²) in [4.78, 5) is 17.4. The molecule has 1 fully saturated rings. The molecule has 1 aliphatic heterocycles. The zero-order valence-electron chi connectivity index (χ0n) is 19.8. The summed E-state index contributed by atoms with van der Waals surface area (Å²) in [6, 6.07) is 6.21. The van der Waals surface area contributed by atoms with Crippen molar-refractivity contribution < 1.29 is 26.3 Å². The van der Waals surface area contributed by atoms with Crippen LogP contribution >= 0.6 is 0 Å². The van der Waals surface area contributed by atoms with E-state index in [1.54, 1.807) is 19.9 Å². The van der Waals surface area contributed by atoms with Crippen LogP contribution in [0, 0.1) is 25.2 Å². The lowest BCUT2D eigenvalue weighted by molar-refractivity contribution is 0.00468. The second-order valence-electron chi connectivity index (χ2n) is 8.24. The van der Waals surface area contributed by atoms with Gasteiger partial charge in [0.2, 0.25) is 25.9 Å². The number of aryl methyl sites for hydroxylation is 2. The monoisotopic (exact) mass is 530 g/mol. The third kappa shape index (κ3) is 5.13. The van der Waals surface area contributed by atoms with Gasteiger partial charge in [-0.2, -0.15) is 8.97 Å². The van der Waals surface area contributed by atoms with E-state index in [2.05, 4.69) is 19.9 Å². The minimum Gasteiger partial charge on any atom is -0.433 e. The van der Waals surface area contributed by atoms with Crippen molar-refractivity contribution in [2.75, 3.05) is 29.4 Å². The topological polar surface area (TPSA) is 165 Å². The zero-order chi connectivity index (χ0) is 26.3. The highest BCUT2D eigenvalue weighted by molar-refractivity contribution is 8.09. The van der Waals surface area contributed by atoms with Gasteiger partial charge in [0, 0.05) is 18.0 Å². The Morgan fingerprint density at radius 1 is 1.03 bits per heavy atom. The van der Waals surface area contributed by atoms with Crippen molar-refractivity contribution in [1.82, 2.24) is 19.9 Å². The van der Waals surface area contributed by atoms with E-state index < -0.39 is 20.0 Å². The molecule has 4 heterocycles. The maximum atomic E-state index is 12.5. The molecule has 0 bridgehead atoms. The van der Waals surface area contributed by atoms with Crippen LogP contribution in [0.1, 0.15) is 28.7 Å². The summed E-state index contributed by atoms with van der Waals surface area (Å²) in [7, 11) is -8.58. The molecular formula is C22H22N6O6S2. The summed E-state index contributed by atoms with van der Waals surface area (Å²) in [6.07, 6.45) is 4.37. The van der Waals surface area contributed by atoms with Gasteiger partial charge in [-0.25, -0.2) is 31.8 Å². The van der Waals surface area contributed by atoms with Crippen molar-refractivity contribution in [3.05, 3.63) is 53.4 Å². The van der Waals surface area contributed by atoms with E-state index >= 15 is 0 Å². The molecule has 0 saturated carbocycles. The number of hydrogen-bond acceptors (Lipinski definition) is 11. The van der Waals surface area contributed by atoms with E-state index in [1.165, 1.54) is 24.5 Å². The van der Waals surface area contributed by atoms with Crippen LogP contribution in [0.4, 0.5) is 5.69 Å². The first-order valence-corrected chi connectivity index (χ1v) is 14.3. The smallest absolute Gasteiger partial charge is 0.246 e. The van der Waals surface area contributed by atoms with Crippen LogP contribution in [0.5, 0.6) is 11.6 Å². The van der Waals surface area contributed by atoms with Crippen molar-refractivity contribution in [2.45, 2.75) is 19.8 Å². The second-order valence-corrected chi connectivity index (χ2v) is 12.1. The Balaban J connectivity index is 1.89. The number of aromatic nitrogens is 4. The average Bonchev–Trinajstić information content (AvgIpc) is 2.74. The molecule has 188 valence electrons. The molecular weight excluding hydrogens is 508 g/mol. The fourth-order valence-electron chi connectivity index (χ4n) is 3.60. The number of pyridine rings is 2. The van der Waals surface area contributed by atoms with Gasteiger partial charge >= 0.3 is 0 Å². The predicted molar refractivity (Wildman–Crippen MR) is 129 cm³/mol. The molecule has 3 aromatic rings. The third-order valence-electron chi connectivity index (χ3n) is 5.23. The van der Waals surface area contributed by atoms with Gasteiger partial charge in [-0.05, 0) is 32.0 Å². The number of hydrogen-bond donors (Lipinski definition) is 0. The van der Waals surface area contributed by atoms with E-state index in [-0.39, 0.29) is 38.2 Å². The maximum absolute atomic E-state index is 12.5. The minimum atomic E-state index is -4.29. The van der Waals surface area contributed by atoms with E-state index in [9.17, 15) is 22.1 Å². The lowest BCUT2D eigenvalue weighted by Gasteiger charge is -2.26. The molecule has 0 aromatic carbocycles. The normalized spacial score (nSPS) is 14.1. The van der Waals surface area contributed by atoms with Crippen LogP contribution in [-0.2, 0) is 24.8 Å². The van der Waals surface area contributed by atoms with Gasteiger partial charge in [-0.15, -0.1) is 0 Å². The first-order chi connectivity index (χ1) is 16.9. The Bertz CT molecular complexity index is 1540. The highest BCUT2D eigenvalue weighted by Crippen LogP contribution is 2.38. The van der Waals surface area contributed by atoms with Gasteiger partial charge in [0.05, 0.1) is 54.3 Å². The standard InChI is InChI=1S/C22H22N6O6S2/c1-13-20(14(2)26-21(25-13)17-11-33-12-17)34-22-19(28(35(3,29)30)36(4,31)32)6-5-18(27-22)16-7-15(8-23)9-24-10-16/h5-7,9-10,17H,11-12H2,1-4H3. The Kier molecular flexibility index (Phi) is 6.65. The third-order valence-corrected chi connectivity index (χ3v) is 8.45. The number of nitriles is 1. The molecule has 36 heavy (non-hydrogen) atoms. The van der Waals surface area contributed by atoms with Crippen molar-refractivity contribution in [3.63, 3.8) is 0 Å². The lowest BCUT2D eigenvalue weighted by atomic mass is 10.1. The number of ether oxygens (including phenoxy) is 2. The van der Waals surface area contributed by atoms with Gasteiger partial charge in [0.1, 0.15) is 17.6 Å². The molecule has 0 unspecified atom stereocenters. The molecule has 14 heteroatoms. The molecule has 1 saturated heterocycles. The van der Waals surface area contributed by atoms with E-state index in [0.29, 0.717) is 36.0 Å². The number of anilines is 1. The van der Waals surface area contributed by atoms with Crippen LogP contribution in [0.25, 0.3) is 11.3 Å². The number of nitrogens with zero attached hydrogens (tertiary/aromatic N) is 6. The van der Waals surface area contributed by atoms with E-state index in [0.717, 1.165) is 12.5 Å². The Morgan fingerprint density at radius 3 is 2.19 bits per heavy atom. The minimum absolute atomic E-state index is 0.0688. The van der Waals surface area contributed by atoms with Gasteiger partial charge < -0.3 is 9.47 Å². The number of sulfonamides is 2. The summed E-state index contributed by atoms with van der Waals surface area (Å²) in [6.45, 7) is 4.42. The van der Waals surface area contributed by atoms with Crippen LogP contribution in [0.2, 0.25) is 0 Å². The molecule has 0 spiro atoms. The first kappa shape index (κ1) is 25.4. The lowest BCUT2D eigenvalue weighted by Crippen LogP contribution is -2.35. The molecule has 12 nitrogen and oxygen atoms in total. The summed E-state index contributed by atoms with van der Waals surface area (Å²) >= 11 is 0. The van der Waals surface area contributed by atoms with Crippen molar-refractivity contribution in [2.24, 2.45) is 0 Å². The predicted octanol–water partition coefficient (Wildman–Crippen LogP) is 2.05. The molecule has 0 N–H and O–H groups in total. The average molecular weight is 531 g/mol. The summed E-state index contributed by atoms with van der Waals surface area (Å²) in [5.41, 5.74) is 1.61. The van der Waals surface area contributed by atoms with E-state index in [4.69, 9.17) is 9.47 Å². The molecule has 4 rings (SSSR count). The first-order valence-electron chi connectivity index (χ1n) is 10.6. The Hall–Kier alpha value is -3.67. The summed E-state index contributed by atoms with van der Waals surface area (Å²) < 4.78 is 61.5. The van der Waals surface area contributed by atoms with Crippen molar-refractivity contribution in [1.29, 1.82) is 5.26 Å². The highest BCUT2D eigenvalue weighted by atomic mass is 32.3. The van der Waals surface area contributed by atoms with E-state index in [1.807, 2.05) is 6.07 Å². The van der Waals surface area contributed by atoms with Gasteiger partial charge in [-0.3, -0.25) is 4.98 Å². The molecule has 0 aliphatic carbocycles. The largest absolute Gasteiger partial charge is 0.433 e. The van der Waals surface area contributed by atoms with Crippen LogP contribution in [0.3, 0.4) is 0 Å².